The van der Waals surface area contributed by atoms with Gasteiger partial charge in [0.25, 0.3) is 5.78 Å². The van der Waals surface area contributed by atoms with Crippen molar-refractivity contribution in [1.82, 2.24) is 19.6 Å². The van der Waals surface area contributed by atoms with Crippen molar-refractivity contribution in [2.45, 2.75) is 51.7 Å². The van der Waals surface area contributed by atoms with Crippen LogP contribution >= 0.6 is 0 Å². The molecule has 8 heteroatoms. The van der Waals surface area contributed by atoms with Gasteiger partial charge in [-0.3, -0.25) is 0 Å². The Kier molecular flexibility index (Phi) is 4.16. The van der Waals surface area contributed by atoms with Crippen LogP contribution in [0.25, 0.3) is 5.78 Å². The van der Waals surface area contributed by atoms with E-state index < -0.39 is 11.9 Å². The van der Waals surface area contributed by atoms with Crippen LogP contribution in [0.2, 0.25) is 0 Å². The fourth-order valence-electron chi connectivity index (χ4n) is 3.11. The Hall–Kier alpha value is -1.86. The second kappa shape index (κ2) is 5.98. The Labute approximate surface area is 132 Å². The van der Waals surface area contributed by atoms with Crippen molar-refractivity contribution in [2.75, 3.05) is 11.4 Å². The first-order valence-electron chi connectivity index (χ1n) is 7.91. The minimum atomic E-state index is -4.49. The van der Waals surface area contributed by atoms with Gasteiger partial charge >= 0.3 is 6.18 Å². The van der Waals surface area contributed by atoms with Gasteiger partial charge in [0.15, 0.2) is 5.69 Å². The third-order valence-corrected chi connectivity index (χ3v) is 4.27. The highest BCUT2D eigenvalue weighted by Gasteiger charge is 2.36. The maximum Gasteiger partial charge on any atom is 0.433 e. The Bertz CT molecular complexity index is 679. The van der Waals surface area contributed by atoms with E-state index in [9.17, 15) is 13.2 Å². The fourth-order valence-corrected chi connectivity index (χ4v) is 3.11. The summed E-state index contributed by atoms with van der Waals surface area (Å²) < 4.78 is 40.7. The summed E-state index contributed by atoms with van der Waals surface area (Å²) in [6.07, 6.45) is 0.742. The number of rotatable bonds is 4. The van der Waals surface area contributed by atoms with Crippen LogP contribution in [0.15, 0.2) is 12.4 Å². The van der Waals surface area contributed by atoms with E-state index in [1.807, 2.05) is 4.90 Å². The largest absolute Gasteiger partial charge is 0.433 e. The monoisotopic (exact) mass is 327 g/mol. The lowest BCUT2D eigenvalue weighted by Crippen LogP contribution is -2.32. The van der Waals surface area contributed by atoms with Crippen LogP contribution < -0.4 is 4.90 Å². The summed E-state index contributed by atoms with van der Waals surface area (Å²) in [5.74, 6) is 1.00. The molecular weight excluding hydrogens is 307 g/mol. The van der Waals surface area contributed by atoms with Gasteiger partial charge in [-0.1, -0.05) is 13.8 Å². The number of hydrogen-bond donors (Lipinski definition) is 0. The molecule has 1 atom stereocenters. The summed E-state index contributed by atoms with van der Waals surface area (Å²) in [6, 6.07) is 1.34. The van der Waals surface area contributed by atoms with Crippen LogP contribution in [0.4, 0.5) is 19.0 Å². The lowest BCUT2D eigenvalue weighted by molar-refractivity contribution is -0.141. The Morgan fingerprint density at radius 3 is 2.83 bits per heavy atom. The molecule has 0 saturated carbocycles. The van der Waals surface area contributed by atoms with Crippen LogP contribution in [0.3, 0.4) is 0 Å². The van der Waals surface area contributed by atoms with Crippen molar-refractivity contribution >= 4 is 11.6 Å². The summed E-state index contributed by atoms with van der Waals surface area (Å²) in [5, 5.41) is 4.05. The molecule has 1 aliphatic heterocycles. The normalized spacial score (nSPS) is 19.2. The zero-order valence-electron chi connectivity index (χ0n) is 13.2. The molecule has 0 amide bonds. The van der Waals surface area contributed by atoms with E-state index in [2.05, 4.69) is 28.9 Å². The van der Waals surface area contributed by atoms with Gasteiger partial charge in [-0.2, -0.15) is 27.8 Å². The van der Waals surface area contributed by atoms with Crippen molar-refractivity contribution in [3.05, 3.63) is 18.1 Å². The summed E-state index contributed by atoms with van der Waals surface area (Å²) in [5.41, 5.74) is -0.914. The molecule has 0 radical (unpaired) electrons. The van der Waals surface area contributed by atoms with Gasteiger partial charge in [0, 0.05) is 18.7 Å². The standard InChI is InChI=1S/C15H20F3N5/c1-10(2)5-6-11-4-3-7-22(11)13-8-12(15(16,17)18)21-14-19-9-20-23(13)14/h8-11H,3-7H2,1-2H3. The summed E-state index contributed by atoms with van der Waals surface area (Å²) in [4.78, 5) is 9.44. The molecule has 0 spiro atoms. The molecule has 0 bridgehead atoms. The van der Waals surface area contributed by atoms with E-state index in [1.54, 1.807) is 0 Å². The smallest absolute Gasteiger partial charge is 0.353 e. The Balaban J connectivity index is 1.98. The van der Waals surface area contributed by atoms with Gasteiger partial charge in [-0.05, 0) is 31.6 Å². The minimum absolute atomic E-state index is 0.00988. The van der Waals surface area contributed by atoms with Gasteiger partial charge < -0.3 is 4.90 Å². The summed E-state index contributed by atoms with van der Waals surface area (Å²) in [7, 11) is 0. The average molecular weight is 327 g/mol. The highest BCUT2D eigenvalue weighted by Crippen LogP contribution is 2.34. The van der Waals surface area contributed by atoms with Crippen LogP contribution in [-0.2, 0) is 6.18 Å². The molecule has 2 aromatic rings. The molecule has 126 valence electrons. The molecule has 0 aromatic carbocycles. The molecule has 5 nitrogen and oxygen atoms in total. The summed E-state index contributed by atoms with van der Waals surface area (Å²) in [6.45, 7) is 5.05. The van der Waals surface area contributed by atoms with E-state index in [1.165, 1.54) is 10.8 Å². The quantitative estimate of drug-likeness (QED) is 0.861. The minimum Gasteiger partial charge on any atom is -0.353 e. The van der Waals surface area contributed by atoms with Crippen LogP contribution in [-0.4, -0.2) is 32.2 Å². The first kappa shape index (κ1) is 16.0. The van der Waals surface area contributed by atoms with E-state index in [4.69, 9.17) is 0 Å². The number of hydrogen-bond acceptors (Lipinski definition) is 4. The second-order valence-corrected chi connectivity index (χ2v) is 6.43. The highest BCUT2D eigenvalue weighted by atomic mass is 19.4. The van der Waals surface area contributed by atoms with Crippen LogP contribution in [0, 0.1) is 5.92 Å². The van der Waals surface area contributed by atoms with E-state index in [-0.39, 0.29) is 11.8 Å². The highest BCUT2D eigenvalue weighted by molar-refractivity contribution is 5.49. The first-order valence-corrected chi connectivity index (χ1v) is 7.91. The maximum absolute atomic E-state index is 13.1. The SMILES string of the molecule is CC(C)CCC1CCCN1c1cc(C(F)(F)F)nc2ncnn12. The Morgan fingerprint density at radius 1 is 1.35 bits per heavy atom. The average Bonchev–Trinajstić information content (AvgIpc) is 3.11. The zero-order chi connectivity index (χ0) is 16.6. The number of anilines is 1. The topological polar surface area (TPSA) is 46.3 Å². The number of nitrogens with zero attached hydrogens (tertiary/aromatic N) is 5. The van der Waals surface area contributed by atoms with Gasteiger partial charge in [0.2, 0.25) is 0 Å². The molecule has 3 heterocycles. The fraction of sp³-hybridized carbons (Fsp3) is 0.667. The third-order valence-electron chi connectivity index (χ3n) is 4.27. The molecular formula is C15H20F3N5. The van der Waals surface area contributed by atoms with Crippen molar-refractivity contribution in [3.8, 4) is 0 Å². The third kappa shape index (κ3) is 3.25. The van der Waals surface area contributed by atoms with Crippen molar-refractivity contribution in [2.24, 2.45) is 5.92 Å². The van der Waals surface area contributed by atoms with Gasteiger partial charge in [0.1, 0.15) is 12.1 Å². The number of aromatic nitrogens is 4. The number of fused-ring (bicyclic) bond motifs is 1. The molecule has 0 N–H and O–H groups in total. The summed E-state index contributed by atoms with van der Waals surface area (Å²) >= 11 is 0. The predicted molar refractivity (Wildman–Crippen MR) is 80.2 cm³/mol. The zero-order valence-corrected chi connectivity index (χ0v) is 13.2. The van der Waals surface area contributed by atoms with Crippen molar-refractivity contribution in [1.29, 1.82) is 0 Å². The molecule has 1 fully saturated rings. The lowest BCUT2D eigenvalue weighted by Gasteiger charge is -2.27. The van der Waals surface area contributed by atoms with Gasteiger partial charge in [-0.15, -0.1) is 0 Å². The van der Waals surface area contributed by atoms with E-state index in [0.29, 0.717) is 11.7 Å². The Morgan fingerprint density at radius 2 is 2.13 bits per heavy atom. The predicted octanol–water partition coefficient (Wildman–Crippen LogP) is 3.55. The maximum atomic E-state index is 13.1. The van der Waals surface area contributed by atoms with E-state index in [0.717, 1.165) is 38.3 Å². The molecule has 1 unspecified atom stereocenters. The van der Waals surface area contributed by atoms with Gasteiger partial charge in [0.05, 0.1) is 0 Å². The molecule has 3 rings (SSSR count). The van der Waals surface area contributed by atoms with Crippen LogP contribution in [0.5, 0.6) is 0 Å². The van der Waals surface area contributed by atoms with Crippen LogP contribution in [0.1, 0.15) is 45.2 Å². The number of halogens is 3. The lowest BCUT2D eigenvalue weighted by atomic mass is 10.0. The molecule has 0 aliphatic carbocycles. The van der Waals surface area contributed by atoms with Gasteiger partial charge in [-0.25, -0.2) is 4.98 Å². The molecule has 1 aliphatic rings. The van der Waals surface area contributed by atoms with Crippen molar-refractivity contribution in [3.63, 3.8) is 0 Å². The first-order chi connectivity index (χ1) is 10.9. The van der Waals surface area contributed by atoms with E-state index >= 15 is 0 Å². The number of alkyl halides is 3. The molecule has 1 saturated heterocycles. The van der Waals surface area contributed by atoms with Crippen molar-refractivity contribution < 1.29 is 13.2 Å². The molecule has 2 aromatic heterocycles. The second-order valence-electron chi connectivity index (χ2n) is 6.43. The molecule has 23 heavy (non-hydrogen) atoms.